The van der Waals surface area contributed by atoms with Gasteiger partial charge < -0.3 is 10.2 Å². The predicted molar refractivity (Wildman–Crippen MR) is 79.4 cm³/mol. The van der Waals surface area contributed by atoms with Crippen molar-refractivity contribution in [1.29, 1.82) is 0 Å². The lowest BCUT2D eigenvalue weighted by Gasteiger charge is -2.27. The van der Waals surface area contributed by atoms with Crippen molar-refractivity contribution in [3.63, 3.8) is 0 Å². The first-order chi connectivity index (χ1) is 9.49. The monoisotopic (exact) mass is 278 g/mol. The van der Waals surface area contributed by atoms with Crippen molar-refractivity contribution in [2.24, 2.45) is 13.0 Å². The summed E-state index contributed by atoms with van der Waals surface area (Å²) in [5, 5.41) is 7.81. The van der Waals surface area contributed by atoms with Crippen LogP contribution in [0.25, 0.3) is 0 Å². The van der Waals surface area contributed by atoms with Crippen LogP contribution in [0, 0.1) is 5.92 Å². The lowest BCUT2D eigenvalue weighted by Crippen LogP contribution is -2.39. The fraction of sp³-hybridized carbons (Fsp3) is 0.733. The molecule has 0 bridgehead atoms. The van der Waals surface area contributed by atoms with Crippen molar-refractivity contribution in [3.05, 3.63) is 17.5 Å². The molecule has 0 aromatic carbocycles. The molecule has 1 aliphatic heterocycles. The van der Waals surface area contributed by atoms with E-state index < -0.39 is 0 Å². The fourth-order valence-corrected chi connectivity index (χ4v) is 2.88. The first-order valence-corrected chi connectivity index (χ1v) is 7.47. The van der Waals surface area contributed by atoms with Gasteiger partial charge in [-0.25, -0.2) is 0 Å². The SMILES string of the molecule is CC(C)c1nn(C)cc1CN(C)C(=O)C1CCNCC1. The Morgan fingerprint density at radius 1 is 1.50 bits per heavy atom. The summed E-state index contributed by atoms with van der Waals surface area (Å²) in [6.45, 7) is 6.84. The fourth-order valence-electron chi connectivity index (χ4n) is 2.88. The molecule has 0 spiro atoms. The van der Waals surface area contributed by atoms with Gasteiger partial charge in [-0.15, -0.1) is 0 Å². The standard InChI is InChI=1S/C15H26N4O/c1-11(2)14-13(10-19(4)17-14)9-18(3)15(20)12-5-7-16-8-6-12/h10-12,16H,5-9H2,1-4H3. The van der Waals surface area contributed by atoms with Crippen molar-refractivity contribution in [1.82, 2.24) is 20.0 Å². The van der Waals surface area contributed by atoms with Crippen LogP contribution in [-0.2, 0) is 18.4 Å². The van der Waals surface area contributed by atoms with Gasteiger partial charge in [0.15, 0.2) is 0 Å². The van der Waals surface area contributed by atoms with E-state index in [0.29, 0.717) is 12.5 Å². The van der Waals surface area contributed by atoms with E-state index in [9.17, 15) is 4.79 Å². The molecule has 1 aliphatic rings. The van der Waals surface area contributed by atoms with E-state index in [1.807, 2.05) is 29.9 Å². The molecule has 2 rings (SSSR count). The molecule has 1 amide bonds. The number of aromatic nitrogens is 2. The Morgan fingerprint density at radius 2 is 2.15 bits per heavy atom. The number of amides is 1. The summed E-state index contributed by atoms with van der Waals surface area (Å²) in [6, 6.07) is 0. The minimum absolute atomic E-state index is 0.181. The summed E-state index contributed by atoms with van der Waals surface area (Å²) >= 11 is 0. The summed E-state index contributed by atoms with van der Waals surface area (Å²) < 4.78 is 1.84. The molecule has 0 atom stereocenters. The highest BCUT2D eigenvalue weighted by Crippen LogP contribution is 2.20. The topological polar surface area (TPSA) is 50.2 Å². The summed E-state index contributed by atoms with van der Waals surface area (Å²) in [7, 11) is 3.84. The highest BCUT2D eigenvalue weighted by atomic mass is 16.2. The average molecular weight is 278 g/mol. The van der Waals surface area contributed by atoms with Crippen molar-refractivity contribution in [2.45, 2.75) is 39.2 Å². The van der Waals surface area contributed by atoms with E-state index >= 15 is 0 Å². The molecule has 0 saturated carbocycles. The van der Waals surface area contributed by atoms with Crippen molar-refractivity contribution in [2.75, 3.05) is 20.1 Å². The van der Waals surface area contributed by atoms with E-state index in [1.165, 1.54) is 0 Å². The lowest BCUT2D eigenvalue weighted by atomic mass is 9.96. The third kappa shape index (κ3) is 3.39. The molecule has 5 heteroatoms. The smallest absolute Gasteiger partial charge is 0.225 e. The Kier molecular flexibility index (Phi) is 4.81. The number of nitrogens with one attached hydrogen (secondary N) is 1. The highest BCUT2D eigenvalue weighted by Gasteiger charge is 2.25. The van der Waals surface area contributed by atoms with E-state index in [1.54, 1.807) is 0 Å². The molecule has 112 valence electrons. The second-order valence-corrected chi connectivity index (χ2v) is 6.09. The largest absolute Gasteiger partial charge is 0.341 e. The number of aryl methyl sites for hydroxylation is 1. The molecule has 1 aromatic heterocycles. The van der Waals surface area contributed by atoms with Gasteiger partial charge in [0, 0.05) is 38.3 Å². The summed E-state index contributed by atoms with van der Waals surface area (Å²) in [6.07, 6.45) is 3.93. The Hall–Kier alpha value is -1.36. The minimum atomic E-state index is 0.181. The van der Waals surface area contributed by atoms with Gasteiger partial charge in [0.05, 0.1) is 5.69 Å². The molecule has 1 fully saturated rings. The maximum atomic E-state index is 12.5. The van der Waals surface area contributed by atoms with Crippen LogP contribution in [0.15, 0.2) is 6.20 Å². The molecular formula is C15H26N4O. The molecular weight excluding hydrogens is 252 g/mol. The van der Waals surface area contributed by atoms with E-state index in [-0.39, 0.29) is 11.8 Å². The normalized spacial score (nSPS) is 16.6. The molecule has 1 N–H and O–H groups in total. The van der Waals surface area contributed by atoms with Crippen LogP contribution in [-0.4, -0.2) is 40.7 Å². The molecule has 5 nitrogen and oxygen atoms in total. The van der Waals surface area contributed by atoms with Crippen LogP contribution in [0.4, 0.5) is 0 Å². The van der Waals surface area contributed by atoms with Gasteiger partial charge >= 0.3 is 0 Å². The first-order valence-electron chi connectivity index (χ1n) is 7.47. The third-order valence-corrected chi connectivity index (χ3v) is 3.96. The van der Waals surface area contributed by atoms with Crippen LogP contribution in [0.1, 0.15) is 43.9 Å². The number of hydrogen-bond acceptors (Lipinski definition) is 3. The minimum Gasteiger partial charge on any atom is -0.341 e. The summed E-state index contributed by atoms with van der Waals surface area (Å²) in [4.78, 5) is 14.3. The molecule has 0 unspecified atom stereocenters. The van der Waals surface area contributed by atoms with E-state index in [2.05, 4.69) is 24.3 Å². The zero-order valence-electron chi connectivity index (χ0n) is 13.0. The summed E-state index contributed by atoms with van der Waals surface area (Å²) in [5.74, 6) is 0.832. The van der Waals surface area contributed by atoms with Crippen molar-refractivity contribution >= 4 is 5.91 Å². The molecule has 1 aromatic rings. The number of hydrogen-bond donors (Lipinski definition) is 1. The number of carbonyl (C=O) groups is 1. The van der Waals surface area contributed by atoms with Crippen molar-refractivity contribution < 1.29 is 4.79 Å². The molecule has 2 heterocycles. The maximum Gasteiger partial charge on any atom is 0.225 e. The highest BCUT2D eigenvalue weighted by molar-refractivity contribution is 5.78. The van der Waals surface area contributed by atoms with Crippen LogP contribution >= 0.6 is 0 Å². The zero-order chi connectivity index (χ0) is 14.7. The predicted octanol–water partition coefficient (Wildman–Crippen LogP) is 1.50. The van der Waals surface area contributed by atoms with Gasteiger partial charge in [0.2, 0.25) is 5.91 Å². The molecule has 1 saturated heterocycles. The van der Waals surface area contributed by atoms with Gasteiger partial charge in [-0.1, -0.05) is 13.8 Å². The Balaban J connectivity index is 2.03. The lowest BCUT2D eigenvalue weighted by molar-refractivity contribution is -0.135. The van der Waals surface area contributed by atoms with Crippen LogP contribution in [0.2, 0.25) is 0 Å². The van der Waals surface area contributed by atoms with Crippen LogP contribution < -0.4 is 5.32 Å². The second-order valence-electron chi connectivity index (χ2n) is 6.09. The van der Waals surface area contributed by atoms with Gasteiger partial charge in [-0.2, -0.15) is 5.10 Å². The third-order valence-electron chi connectivity index (χ3n) is 3.96. The van der Waals surface area contributed by atoms with Gasteiger partial charge in [0.1, 0.15) is 0 Å². The average Bonchev–Trinajstić information content (AvgIpc) is 2.80. The number of carbonyl (C=O) groups excluding carboxylic acids is 1. The Bertz CT molecular complexity index is 460. The van der Waals surface area contributed by atoms with Gasteiger partial charge in [0.25, 0.3) is 0 Å². The van der Waals surface area contributed by atoms with Crippen LogP contribution in [0.5, 0.6) is 0 Å². The molecule has 0 radical (unpaired) electrons. The van der Waals surface area contributed by atoms with Crippen molar-refractivity contribution in [3.8, 4) is 0 Å². The first kappa shape index (κ1) is 15.0. The van der Waals surface area contributed by atoms with E-state index in [0.717, 1.165) is 37.2 Å². The van der Waals surface area contributed by atoms with Gasteiger partial charge in [-0.05, 0) is 31.8 Å². The Morgan fingerprint density at radius 3 is 2.75 bits per heavy atom. The quantitative estimate of drug-likeness (QED) is 0.908. The second kappa shape index (κ2) is 6.39. The maximum absolute atomic E-state index is 12.5. The number of rotatable bonds is 4. The molecule has 20 heavy (non-hydrogen) atoms. The summed E-state index contributed by atoms with van der Waals surface area (Å²) in [5.41, 5.74) is 2.25. The molecule has 0 aliphatic carbocycles. The number of nitrogens with zero attached hydrogens (tertiary/aromatic N) is 3. The van der Waals surface area contributed by atoms with Crippen LogP contribution in [0.3, 0.4) is 0 Å². The Labute approximate surface area is 121 Å². The zero-order valence-corrected chi connectivity index (χ0v) is 13.0. The number of piperidine rings is 1. The van der Waals surface area contributed by atoms with E-state index in [4.69, 9.17) is 0 Å². The van der Waals surface area contributed by atoms with Gasteiger partial charge in [-0.3, -0.25) is 9.48 Å².